The summed E-state index contributed by atoms with van der Waals surface area (Å²) in [6.07, 6.45) is 17.3. The zero-order chi connectivity index (χ0) is 34.5. The molecule has 10 heteroatoms. The minimum Gasteiger partial charge on any atom is -0.761 e. The lowest BCUT2D eigenvalue weighted by Gasteiger charge is -2.43. The van der Waals surface area contributed by atoms with Crippen LogP contribution in [-0.2, 0) is 19.2 Å². The normalized spacial score (nSPS) is 33.7. The van der Waals surface area contributed by atoms with E-state index in [4.69, 9.17) is 4.84 Å². The summed E-state index contributed by atoms with van der Waals surface area (Å²) < 4.78 is 0. The molecule has 1 heterocycles. The molecule has 1 aliphatic heterocycles. The van der Waals surface area contributed by atoms with Gasteiger partial charge in [0.15, 0.2) is 17.1 Å². The fraction of sp³-hybridized carbons (Fsp3) is 0.917. The van der Waals surface area contributed by atoms with E-state index in [9.17, 15) is 34.7 Å². The molecule has 0 aromatic heterocycles. The molecule has 46 heavy (non-hydrogen) atoms. The molecule has 3 aliphatic carbocycles. The van der Waals surface area contributed by atoms with Crippen LogP contribution in [0.15, 0.2) is 5.18 Å². The number of hydrogen-bond donors (Lipinski definition) is 2. The van der Waals surface area contributed by atoms with Crippen LogP contribution < -0.4 is 0 Å². The largest absolute Gasteiger partial charge is 1.00 e. The number of Topliss-reactive ketones (excluding diaryl/α,β-unsaturated/α-hetero) is 3. The van der Waals surface area contributed by atoms with Crippen molar-refractivity contribution in [2.75, 3.05) is 0 Å². The first-order valence-electron chi connectivity index (χ1n) is 18.0. The molecule has 0 amide bonds. The van der Waals surface area contributed by atoms with Gasteiger partial charge in [-0.2, -0.15) is 0 Å². The van der Waals surface area contributed by atoms with Gasteiger partial charge in [-0.3, -0.25) is 14.4 Å². The van der Waals surface area contributed by atoms with Crippen molar-refractivity contribution in [3.8, 4) is 0 Å². The predicted octanol–water partition coefficient (Wildman–Crippen LogP) is 7.51. The van der Waals surface area contributed by atoms with Crippen LogP contribution in [0.1, 0.15) is 159 Å². The molecule has 9 atom stereocenters. The monoisotopic (exact) mass is 652 g/mol. The Labute approximate surface area is 278 Å². The van der Waals surface area contributed by atoms with Gasteiger partial charge >= 0.3 is 1.43 Å². The Morgan fingerprint density at radius 1 is 0.913 bits per heavy atom. The highest BCUT2D eigenvalue weighted by Gasteiger charge is 2.40. The average molecular weight is 653 g/mol. The first kappa shape index (κ1) is 40.6. The number of nitroso groups, excluding NO2 is 1. The van der Waals surface area contributed by atoms with E-state index in [1.54, 1.807) is 20.8 Å². The number of carbonyl (C=O) groups excluding carboxylic acids is 3. The Hall–Kier alpha value is -1.59. The predicted molar refractivity (Wildman–Crippen MR) is 181 cm³/mol. The molecule has 0 aromatic carbocycles. The van der Waals surface area contributed by atoms with Crippen LogP contribution in [0.25, 0.3) is 0 Å². The van der Waals surface area contributed by atoms with Crippen molar-refractivity contribution >= 4 is 17.3 Å². The van der Waals surface area contributed by atoms with E-state index in [1.807, 2.05) is 6.92 Å². The molecule has 266 valence electrons. The maximum absolute atomic E-state index is 11.9. The molecule has 1 saturated heterocycles. The fourth-order valence-corrected chi connectivity index (χ4v) is 7.21. The van der Waals surface area contributed by atoms with Gasteiger partial charge in [-0.25, -0.2) is 5.23 Å². The minimum absolute atomic E-state index is 0. The number of aliphatic hydroxyl groups excluding tert-OH is 2. The smallest absolute Gasteiger partial charge is 0.761 e. The topological polar surface area (TPSA) is 157 Å². The SMILES string of the molecule is CC(=O)C(C)(CC[C@@H]1CCCC[C@@H]1O)N=O.CC(=O)C(C)CC[C@@H]1CCCC[C@@H]1O.CC(=O)C1(C)CCC2CCCC[C@@H]2ON1[O-].[H+]. The van der Waals surface area contributed by atoms with E-state index in [2.05, 4.69) is 5.18 Å². The first-order valence-corrected chi connectivity index (χ1v) is 18.0. The molecular formula is C36H64N2O8. The van der Waals surface area contributed by atoms with E-state index < -0.39 is 11.1 Å². The quantitative estimate of drug-likeness (QED) is 0.228. The lowest BCUT2D eigenvalue weighted by molar-refractivity contribution is -0.219. The summed E-state index contributed by atoms with van der Waals surface area (Å²) in [4.78, 5) is 50.0. The lowest BCUT2D eigenvalue weighted by atomic mass is 9.80. The van der Waals surface area contributed by atoms with Gasteiger partial charge in [0, 0.05) is 5.92 Å². The second kappa shape index (κ2) is 19.4. The number of fused-ring (bicyclic) bond motifs is 1. The molecule has 2 N–H and O–H groups in total. The number of ketones is 3. The number of hydrogen-bond acceptors (Lipinski definition) is 10. The Kier molecular flexibility index (Phi) is 17.1. The third-order valence-corrected chi connectivity index (χ3v) is 11.6. The van der Waals surface area contributed by atoms with E-state index >= 15 is 0 Å². The second-order valence-corrected chi connectivity index (χ2v) is 15.1. The van der Waals surface area contributed by atoms with Crippen molar-refractivity contribution in [2.24, 2.45) is 28.8 Å². The molecule has 4 rings (SSSR count). The van der Waals surface area contributed by atoms with E-state index in [1.165, 1.54) is 33.1 Å². The number of rotatable bonds is 10. The number of nitrogens with zero attached hydrogens (tertiary/aromatic N) is 2. The summed E-state index contributed by atoms with van der Waals surface area (Å²) in [7, 11) is 0. The number of hydroxylamine groups is 2. The zero-order valence-electron chi connectivity index (χ0n) is 30.5. The summed E-state index contributed by atoms with van der Waals surface area (Å²) >= 11 is 0. The summed E-state index contributed by atoms with van der Waals surface area (Å²) in [5, 5.41) is 34.9. The maximum atomic E-state index is 11.9. The van der Waals surface area contributed by atoms with E-state index in [-0.39, 0.29) is 48.9 Å². The molecule has 4 fully saturated rings. The van der Waals surface area contributed by atoms with E-state index in [0.717, 1.165) is 77.0 Å². The first-order chi connectivity index (χ1) is 21.6. The standard InChI is InChI=1S/C12H20NO3.C12H21NO3.C12H22O2/c1-9(14)12(2)8-7-10-5-3-4-6-11(10)16-13(12)15;1-9(14)12(2,13-16)8-7-10-5-3-4-6-11(10)15;1-9(10(2)13)7-8-11-5-3-4-6-12(11)14/h10-11H,3-8H2,1-2H3;10-11,15H,3-8H2,1-2H3;9,11-12,14H,3-8H2,1-2H3/q-1;;/p+1/t10?,11-,12?;10-,11-,12?;9?,11-,12-/m000/s1. The molecule has 3 saturated carbocycles. The zero-order valence-corrected chi connectivity index (χ0v) is 29.5. The van der Waals surface area contributed by atoms with Crippen LogP contribution in [-0.4, -0.2) is 62.2 Å². The Morgan fingerprint density at radius 3 is 1.93 bits per heavy atom. The van der Waals surface area contributed by atoms with Gasteiger partial charge in [-0.15, -0.1) is 4.91 Å². The molecule has 4 unspecified atom stereocenters. The summed E-state index contributed by atoms with van der Waals surface area (Å²) in [5.41, 5.74) is -2.07. The van der Waals surface area contributed by atoms with Crippen LogP contribution in [0, 0.1) is 33.8 Å². The lowest BCUT2D eigenvalue weighted by Crippen LogP contribution is -2.48. The van der Waals surface area contributed by atoms with Crippen molar-refractivity contribution in [1.82, 2.24) is 5.23 Å². The summed E-state index contributed by atoms with van der Waals surface area (Å²) in [5.74, 6) is 1.31. The number of aliphatic hydroxyl groups is 2. The molecule has 10 nitrogen and oxygen atoms in total. The van der Waals surface area contributed by atoms with Crippen molar-refractivity contribution < 1.29 is 30.9 Å². The van der Waals surface area contributed by atoms with Gasteiger partial charge < -0.3 is 20.3 Å². The highest BCUT2D eigenvalue weighted by Crippen LogP contribution is 2.38. The van der Waals surface area contributed by atoms with Crippen molar-refractivity contribution in [1.29, 1.82) is 0 Å². The fourth-order valence-electron chi connectivity index (χ4n) is 7.21. The Bertz CT molecular complexity index is 985. The minimum atomic E-state index is -1.10. The van der Waals surface area contributed by atoms with Gasteiger partial charge in [0.25, 0.3) is 0 Å². The Morgan fingerprint density at radius 2 is 1.43 bits per heavy atom. The highest BCUT2D eigenvalue weighted by molar-refractivity contribution is 5.86. The number of carbonyl (C=O) groups is 3. The average Bonchev–Trinajstić information content (AvgIpc) is 3.16. The summed E-state index contributed by atoms with van der Waals surface area (Å²) in [6, 6.07) is 0. The van der Waals surface area contributed by atoms with Crippen LogP contribution in [0.3, 0.4) is 0 Å². The van der Waals surface area contributed by atoms with Crippen LogP contribution in [0.2, 0.25) is 0 Å². The van der Waals surface area contributed by atoms with Gasteiger partial charge in [0.05, 0.1) is 23.9 Å². The van der Waals surface area contributed by atoms with Crippen LogP contribution in [0.5, 0.6) is 0 Å². The third kappa shape index (κ3) is 12.1. The van der Waals surface area contributed by atoms with Crippen molar-refractivity contribution in [3.05, 3.63) is 10.1 Å². The van der Waals surface area contributed by atoms with E-state index in [0.29, 0.717) is 36.3 Å². The van der Waals surface area contributed by atoms with Gasteiger partial charge in [-0.05, 0) is 129 Å². The van der Waals surface area contributed by atoms with Crippen molar-refractivity contribution in [2.45, 2.75) is 187 Å². The van der Waals surface area contributed by atoms with Crippen molar-refractivity contribution in [3.63, 3.8) is 0 Å². The van der Waals surface area contributed by atoms with Gasteiger partial charge in [-0.1, -0.05) is 50.6 Å². The van der Waals surface area contributed by atoms with Crippen LogP contribution in [0.4, 0.5) is 0 Å². The highest BCUT2D eigenvalue weighted by atomic mass is 16.9. The molecule has 0 aromatic rings. The molecular weight excluding hydrogens is 588 g/mol. The van der Waals surface area contributed by atoms with Crippen LogP contribution >= 0.6 is 0 Å². The summed E-state index contributed by atoms with van der Waals surface area (Å²) in [6.45, 7) is 9.79. The molecule has 4 aliphatic rings. The molecule has 0 bridgehead atoms. The van der Waals surface area contributed by atoms with Gasteiger partial charge in [0.1, 0.15) is 5.78 Å². The maximum Gasteiger partial charge on any atom is 1.00 e. The second-order valence-electron chi connectivity index (χ2n) is 15.1. The molecule has 0 spiro atoms. The Balaban J connectivity index is 0.000000350. The third-order valence-electron chi connectivity index (χ3n) is 11.6. The van der Waals surface area contributed by atoms with Gasteiger partial charge in [0.2, 0.25) is 0 Å². The molecule has 0 radical (unpaired) electrons.